The molecule has 3 rings (SSSR count). The Hall–Kier alpha value is -1.35. The normalized spacial score (nSPS) is 17.9. The van der Waals surface area contributed by atoms with Crippen LogP contribution in [-0.2, 0) is 17.9 Å². The Bertz CT molecular complexity index is 671. The summed E-state index contributed by atoms with van der Waals surface area (Å²) in [5.74, 6) is 1.15. The van der Waals surface area contributed by atoms with E-state index in [2.05, 4.69) is 46.7 Å². The second-order valence-electron chi connectivity index (χ2n) is 8.47. The number of rotatable bonds is 9. The molecule has 0 unspecified atom stereocenters. The van der Waals surface area contributed by atoms with Crippen LogP contribution in [0.5, 0.6) is 0 Å². The molecule has 0 spiro atoms. The van der Waals surface area contributed by atoms with Crippen molar-refractivity contribution in [1.29, 1.82) is 0 Å². The van der Waals surface area contributed by atoms with E-state index in [-0.39, 0.29) is 24.0 Å². The lowest BCUT2D eigenvalue weighted by atomic mass is 10.1. The fourth-order valence-electron chi connectivity index (χ4n) is 4.23. The fraction of sp³-hybridized carbons (Fsp3) is 0.667. The number of likely N-dealkylation sites (tertiary alicyclic amines) is 2. The molecule has 6 nitrogen and oxygen atoms in total. The van der Waals surface area contributed by atoms with Gasteiger partial charge in [0.05, 0.1) is 6.54 Å². The molecule has 31 heavy (non-hydrogen) atoms. The fourth-order valence-corrected chi connectivity index (χ4v) is 4.23. The Morgan fingerprint density at radius 3 is 2.32 bits per heavy atom. The Morgan fingerprint density at radius 2 is 1.68 bits per heavy atom. The van der Waals surface area contributed by atoms with Crippen LogP contribution in [0.25, 0.3) is 0 Å². The van der Waals surface area contributed by atoms with Crippen molar-refractivity contribution < 1.29 is 4.79 Å². The van der Waals surface area contributed by atoms with Crippen molar-refractivity contribution in [3.63, 3.8) is 0 Å². The van der Waals surface area contributed by atoms with Crippen molar-refractivity contribution in [1.82, 2.24) is 20.4 Å². The van der Waals surface area contributed by atoms with E-state index in [1.54, 1.807) is 0 Å². The summed E-state index contributed by atoms with van der Waals surface area (Å²) in [6.07, 6.45) is 8.10. The number of aliphatic imine (C=N–C) groups is 1. The summed E-state index contributed by atoms with van der Waals surface area (Å²) >= 11 is 0. The van der Waals surface area contributed by atoms with E-state index in [1.165, 1.54) is 49.9 Å². The average Bonchev–Trinajstić information content (AvgIpc) is 2.99. The van der Waals surface area contributed by atoms with Crippen LogP contribution in [0.15, 0.2) is 29.3 Å². The highest BCUT2D eigenvalue weighted by molar-refractivity contribution is 14.0. The lowest BCUT2D eigenvalue weighted by molar-refractivity contribution is -0.127. The number of hydrogen-bond donors (Lipinski definition) is 2. The summed E-state index contributed by atoms with van der Waals surface area (Å²) in [5, 5.41) is 6.71. The maximum absolute atomic E-state index is 11.7. The van der Waals surface area contributed by atoms with Gasteiger partial charge in [0.25, 0.3) is 0 Å². The van der Waals surface area contributed by atoms with Gasteiger partial charge in [0.2, 0.25) is 5.91 Å². The zero-order valence-electron chi connectivity index (χ0n) is 19.1. The van der Waals surface area contributed by atoms with E-state index in [9.17, 15) is 4.79 Å². The molecule has 0 atom stereocenters. The van der Waals surface area contributed by atoms with Crippen molar-refractivity contribution in [2.75, 3.05) is 39.3 Å². The highest BCUT2D eigenvalue weighted by Crippen LogP contribution is 2.14. The molecule has 2 fully saturated rings. The van der Waals surface area contributed by atoms with Crippen LogP contribution in [-0.4, -0.2) is 60.9 Å². The first-order chi connectivity index (χ1) is 14.7. The highest BCUT2D eigenvalue weighted by Gasteiger charge is 2.18. The Labute approximate surface area is 205 Å². The molecule has 0 bridgehead atoms. The molecule has 1 aromatic rings. The third-order valence-electron chi connectivity index (χ3n) is 5.96. The summed E-state index contributed by atoms with van der Waals surface area (Å²) in [6, 6.07) is 8.92. The monoisotopic (exact) mass is 541 g/mol. The number of carbonyl (C=O) groups is 1. The highest BCUT2D eigenvalue weighted by atomic mass is 127. The zero-order chi connectivity index (χ0) is 21.0. The minimum Gasteiger partial charge on any atom is -0.357 e. The first-order valence-electron chi connectivity index (χ1n) is 11.8. The van der Waals surface area contributed by atoms with Gasteiger partial charge in [-0.05, 0) is 56.8 Å². The van der Waals surface area contributed by atoms with Gasteiger partial charge in [-0.3, -0.25) is 9.69 Å². The minimum absolute atomic E-state index is 0. The summed E-state index contributed by atoms with van der Waals surface area (Å²) in [5.41, 5.74) is 2.63. The van der Waals surface area contributed by atoms with Crippen LogP contribution in [0.4, 0.5) is 0 Å². The van der Waals surface area contributed by atoms with Crippen LogP contribution in [0, 0.1) is 0 Å². The molecular formula is C24H40IN5O. The number of amides is 1. The van der Waals surface area contributed by atoms with Gasteiger partial charge in [0.15, 0.2) is 5.96 Å². The molecule has 0 aromatic heterocycles. The zero-order valence-corrected chi connectivity index (χ0v) is 21.4. The third kappa shape index (κ3) is 9.35. The van der Waals surface area contributed by atoms with E-state index >= 15 is 0 Å². The molecule has 0 aliphatic carbocycles. The minimum atomic E-state index is 0. The van der Waals surface area contributed by atoms with Crippen molar-refractivity contribution in [3.8, 4) is 0 Å². The Kier molecular flexibility index (Phi) is 12.3. The molecule has 2 aliphatic rings. The van der Waals surface area contributed by atoms with E-state index < -0.39 is 0 Å². The SMILES string of the molecule is CCNC(=NCc1ccc(CN2CCCCCC2)cc1)NCCCN1CCCC1=O.I. The van der Waals surface area contributed by atoms with Crippen molar-refractivity contribution in [2.24, 2.45) is 4.99 Å². The smallest absolute Gasteiger partial charge is 0.222 e. The number of nitrogens with one attached hydrogen (secondary N) is 2. The number of carbonyl (C=O) groups excluding carboxylic acids is 1. The van der Waals surface area contributed by atoms with Gasteiger partial charge in [-0.1, -0.05) is 37.1 Å². The van der Waals surface area contributed by atoms with E-state index in [0.717, 1.165) is 51.5 Å². The van der Waals surface area contributed by atoms with E-state index in [0.29, 0.717) is 18.9 Å². The molecule has 0 radical (unpaired) electrons. The molecule has 2 N–H and O–H groups in total. The van der Waals surface area contributed by atoms with Gasteiger partial charge in [-0.25, -0.2) is 4.99 Å². The number of benzene rings is 1. The molecule has 174 valence electrons. The second kappa shape index (κ2) is 14.7. The van der Waals surface area contributed by atoms with E-state index in [4.69, 9.17) is 4.99 Å². The van der Waals surface area contributed by atoms with Gasteiger partial charge in [-0.15, -0.1) is 24.0 Å². The van der Waals surface area contributed by atoms with Crippen LogP contribution in [0.1, 0.15) is 63.0 Å². The van der Waals surface area contributed by atoms with Crippen LogP contribution >= 0.6 is 24.0 Å². The van der Waals surface area contributed by atoms with Crippen molar-refractivity contribution >= 4 is 35.8 Å². The molecule has 1 amide bonds. The largest absolute Gasteiger partial charge is 0.357 e. The molecule has 1 aromatic carbocycles. The summed E-state index contributed by atoms with van der Waals surface area (Å²) in [4.78, 5) is 21.0. The molecule has 2 saturated heterocycles. The van der Waals surface area contributed by atoms with Crippen LogP contribution in [0.2, 0.25) is 0 Å². The van der Waals surface area contributed by atoms with Crippen LogP contribution < -0.4 is 10.6 Å². The topological polar surface area (TPSA) is 60.0 Å². The lowest BCUT2D eigenvalue weighted by Gasteiger charge is -2.19. The second-order valence-corrected chi connectivity index (χ2v) is 8.47. The van der Waals surface area contributed by atoms with Crippen molar-refractivity contribution in [2.45, 2.75) is 65.0 Å². The Morgan fingerprint density at radius 1 is 0.968 bits per heavy atom. The molecule has 2 heterocycles. The van der Waals surface area contributed by atoms with Gasteiger partial charge in [0.1, 0.15) is 0 Å². The van der Waals surface area contributed by atoms with Gasteiger partial charge in [0, 0.05) is 39.1 Å². The maximum atomic E-state index is 11.7. The number of nitrogens with zero attached hydrogens (tertiary/aromatic N) is 3. The summed E-state index contributed by atoms with van der Waals surface area (Å²) < 4.78 is 0. The van der Waals surface area contributed by atoms with Crippen LogP contribution in [0.3, 0.4) is 0 Å². The maximum Gasteiger partial charge on any atom is 0.222 e. The molecule has 2 aliphatic heterocycles. The Balaban J connectivity index is 0.00000341. The van der Waals surface area contributed by atoms with Gasteiger partial charge >= 0.3 is 0 Å². The number of halogens is 1. The van der Waals surface area contributed by atoms with E-state index in [1.807, 2.05) is 4.90 Å². The summed E-state index contributed by atoms with van der Waals surface area (Å²) in [6.45, 7) is 9.69. The van der Waals surface area contributed by atoms with Crippen molar-refractivity contribution in [3.05, 3.63) is 35.4 Å². The first-order valence-corrected chi connectivity index (χ1v) is 11.8. The molecule has 0 saturated carbocycles. The standard InChI is InChI=1S/C24H39N5O.HI/c1-2-25-24(26-14-8-18-29-17-7-9-23(29)30)27-19-21-10-12-22(13-11-21)20-28-15-5-3-4-6-16-28;/h10-13H,2-9,14-20H2,1H3,(H2,25,26,27);1H. The molecular weight excluding hydrogens is 501 g/mol. The third-order valence-corrected chi connectivity index (χ3v) is 5.96. The summed E-state index contributed by atoms with van der Waals surface area (Å²) in [7, 11) is 0. The molecule has 7 heteroatoms. The number of guanidine groups is 1. The number of hydrogen-bond acceptors (Lipinski definition) is 3. The van der Waals surface area contributed by atoms with Gasteiger partial charge in [-0.2, -0.15) is 0 Å². The predicted molar refractivity (Wildman–Crippen MR) is 139 cm³/mol. The lowest BCUT2D eigenvalue weighted by Crippen LogP contribution is -2.39. The predicted octanol–water partition coefficient (Wildman–Crippen LogP) is 3.75. The first kappa shape index (κ1) is 25.9. The quantitative estimate of drug-likeness (QED) is 0.217. The van der Waals surface area contributed by atoms with Gasteiger partial charge < -0.3 is 15.5 Å². The average molecular weight is 542 g/mol.